The van der Waals surface area contributed by atoms with E-state index < -0.39 is 0 Å². The van der Waals surface area contributed by atoms with Gasteiger partial charge in [0.05, 0.1) is 0 Å². The topological polar surface area (TPSA) is 75.9 Å². The summed E-state index contributed by atoms with van der Waals surface area (Å²) in [7, 11) is 0. The molecule has 3 rings (SSSR count). The van der Waals surface area contributed by atoms with Crippen molar-refractivity contribution in [2.75, 3.05) is 10.6 Å². The summed E-state index contributed by atoms with van der Waals surface area (Å²) in [6.07, 6.45) is 0. The van der Waals surface area contributed by atoms with Crippen molar-refractivity contribution in [1.29, 1.82) is 0 Å². The average molecular weight is 309 g/mol. The Bertz CT molecular complexity index is 812. The number of benzene rings is 1. The van der Waals surface area contributed by atoms with Gasteiger partial charge in [-0.2, -0.15) is 4.98 Å². The zero-order valence-electron chi connectivity index (χ0n) is 13.4. The van der Waals surface area contributed by atoms with Crippen LogP contribution in [0.2, 0.25) is 0 Å². The highest BCUT2D eigenvalue weighted by Gasteiger charge is 2.06. The molecule has 3 aromatic rings. The van der Waals surface area contributed by atoms with Crippen LogP contribution in [-0.4, -0.2) is 15.1 Å². The van der Waals surface area contributed by atoms with Crippen LogP contribution in [0.4, 0.5) is 17.6 Å². The Balaban J connectivity index is 1.74. The molecule has 6 heteroatoms. The number of anilines is 3. The summed E-state index contributed by atoms with van der Waals surface area (Å²) in [5.41, 5.74) is 3.33. The third-order valence-corrected chi connectivity index (χ3v) is 3.44. The molecule has 0 radical (unpaired) electrons. The number of nitrogens with zero attached hydrogens (tertiary/aromatic N) is 3. The summed E-state index contributed by atoms with van der Waals surface area (Å²) >= 11 is 0. The number of hydrogen-bond donors (Lipinski definition) is 2. The summed E-state index contributed by atoms with van der Waals surface area (Å²) in [5.74, 6) is 2.63. The van der Waals surface area contributed by atoms with Crippen molar-refractivity contribution in [3.05, 3.63) is 59.0 Å². The van der Waals surface area contributed by atoms with Gasteiger partial charge in [-0.15, -0.1) is 0 Å². The van der Waals surface area contributed by atoms with Gasteiger partial charge in [0.2, 0.25) is 5.95 Å². The Kier molecular flexibility index (Phi) is 4.23. The van der Waals surface area contributed by atoms with Gasteiger partial charge in [0.1, 0.15) is 11.6 Å². The largest absolute Gasteiger partial charge is 0.360 e. The van der Waals surface area contributed by atoms with E-state index in [4.69, 9.17) is 4.52 Å². The molecule has 0 spiro atoms. The molecular weight excluding hydrogens is 290 g/mol. The molecule has 0 bridgehead atoms. The lowest BCUT2D eigenvalue weighted by Gasteiger charge is -2.10. The Morgan fingerprint density at radius 1 is 1.00 bits per heavy atom. The highest BCUT2D eigenvalue weighted by Crippen LogP contribution is 2.17. The van der Waals surface area contributed by atoms with E-state index >= 15 is 0 Å². The van der Waals surface area contributed by atoms with E-state index in [1.54, 1.807) is 0 Å². The maximum absolute atomic E-state index is 5.04. The fraction of sp³-hybridized carbons (Fsp3) is 0.235. The SMILES string of the molecule is Cc1cc(Nc2cc(C)on2)nc(NCc2ccccc2C)n1. The number of aromatic nitrogens is 3. The predicted molar refractivity (Wildman–Crippen MR) is 89.8 cm³/mol. The molecule has 2 aromatic heterocycles. The van der Waals surface area contributed by atoms with Gasteiger partial charge in [-0.1, -0.05) is 29.4 Å². The first kappa shape index (κ1) is 15.0. The lowest BCUT2D eigenvalue weighted by molar-refractivity contribution is 0.400. The average Bonchev–Trinajstić information content (AvgIpc) is 2.91. The smallest absolute Gasteiger partial charge is 0.225 e. The van der Waals surface area contributed by atoms with Crippen LogP contribution in [0.5, 0.6) is 0 Å². The maximum Gasteiger partial charge on any atom is 0.225 e. The molecule has 118 valence electrons. The first-order valence-corrected chi connectivity index (χ1v) is 7.44. The maximum atomic E-state index is 5.04. The van der Waals surface area contributed by atoms with Crippen LogP contribution in [0.3, 0.4) is 0 Å². The monoisotopic (exact) mass is 309 g/mol. The van der Waals surface area contributed by atoms with E-state index in [1.807, 2.05) is 38.1 Å². The van der Waals surface area contributed by atoms with Crippen LogP contribution in [0.1, 0.15) is 22.6 Å². The summed E-state index contributed by atoms with van der Waals surface area (Å²) < 4.78 is 5.04. The molecule has 1 aromatic carbocycles. The zero-order chi connectivity index (χ0) is 16.2. The van der Waals surface area contributed by atoms with E-state index in [9.17, 15) is 0 Å². The normalized spacial score (nSPS) is 10.6. The van der Waals surface area contributed by atoms with Crippen LogP contribution in [0.25, 0.3) is 0 Å². The number of hydrogen-bond acceptors (Lipinski definition) is 6. The minimum absolute atomic E-state index is 0.580. The van der Waals surface area contributed by atoms with Crippen LogP contribution in [0, 0.1) is 20.8 Å². The molecule has 0 aliphatic carbocycles. The lowest BCUT2D eigenvalue weighted by Crippen LogP contribution is -2.07. The van der Waals surface area contributed by atoms with Crippen molar-refractivity contribution in [3.63, 3.8) is 0 Å². The second-order valence-electron chi connectivity index (χ2n) is 5.45. The summed E-state index contributed by atoms with van der Waals surface area (Å²) in [5, 5.41) is 10.3. The molecule has 0 amide bonds. The Morgan fingerprint density at radius 2 is 1.83 bits per heavy atom. The van der Waals surface area contributed by atoms with Gasteiger partial charge >= 0.3 is 0 Å². The van der Waals surface area contributed by atoms with Gasteiger partial charge in [0.25, 0.3) is 0 Å². The minimum Gasteiger partial charge on any atom is -0.360 e. The van der Waals surface area contributed by atoms with Crippen LogP contribution in [-0.2, 0) is 6.54 Å². The Morgan fingerprint density at radius 3 is 2.57 bits per heavy atom. The van der Waals surface area contributed by atoms with Crippen molar-refractivity contribution < 1.29 is 4.52 Å². The predicted octanol–water partition coefficient (Wildman–Crippen LogP) is 3.75. The van der Waals surface area contributed by atoms with Gasteiger partial charge in [0.15, 0.2) is 5.82 Å². The van der Waals surface area contributed by atoms with Crippen molar-refractivity contribution >= 4 is 17.6 Å². The molecule has 6 nitrogen and oxygen atoms in total. The lowest BCUT2D eigenvalue weighted by atomic mass is 10.1. The molecule has 0 aliphatic heterocycles. The number of aryl methyl sites for hydroxylation is 3. The molecule has 0 fully saturated rings. The Labute approximate surface area is 135 Å². The number of rotatable bonds is 5. The van der Waals surface area contributed by atoms with Gasteiger partial charge in [0, 0.05) is 24.4 Å². The van der Waals surface area contributed by atoms with E-state index in [-0.39, 0.29) is 0 Å². The zero-order valence-corrected chi connectivity index (χ0v) is 13.4. The summed E-state index contributed by atoms with van der Waals surface area (Å²) in [4.78, 5) is 8.89. The van der Waals surface area contributed by atoms with Crippen molar-refractivity contribution in [1.82, 2.24) is 15.1 Å². The fourth-order valence-corrected chi connectivity index (χ4v) is 2.25. The highest BCUT2D eigenvalue weighted by molar-refractivity contribution is 5.53. The molecule has 0 unspecified atom stereocenters. The van der Waals surface area contributed by atoms with E-state index in [1.165, 1.54) is 11.1 Å². The minimum atomic E-state index is 0.580. The van der Waals surface area contributed by atoms with Gasteiger partial charge in [-0.3, -0.25) is 0 Å². The molecule has 0 saturated heterocycles. The molecule has 2 N–H and O–H groups in total. The van der Waals surface area contributed by atoms with Gasteiger partial charge in [-0.05, 0) is 31.9 Å². The summed E-state index contributed by atoms with van der Waals surface area (Å²) in [6, 6.07) is 11.9. The standard InChI is InChI=1S/C17H19N5O/c1-11-6-4-5-7-14(11)10-18-17-19-12(2)8-15(21-17)20-16-9-13(3)23-22-16/h4-9H,10H2,1-3H3,(H2,18,19,20,21,22). The van der Waals surface area contributed by atoms with E-state index in [0.717, 1.165) is 11.5 Å². The molecule has 23 heavy (non-hydrogen) atoms. The second-order valence-corrected chi connectivity index (χ2v) is 5.45. The fourth-order valence-electron chi connectivity index (χ4n) is 2.25. The van der Waals surface area contributed by atoms with Crippen molar-refractivity contribution in [2.45, 2.75) is 27.3 Å². The van der Waals surface area contributed by atoms with Crippen molar-refractivity contribution in [2.24, 2.45) is 0 Å². The first-order valence-electron chi connectivity index (χ1n) is 7.44. The van der Waals surface area contributed by atoms with Crippen LogP contribution < -0.4 is 10.6 Å². The van der Waals surface area contributed by atoms with Gasteiger partial charge < -0.3 is 15.2 Å². The third kappa shape index (κ3) is 3.85. The second kappa shape index (κ2) is 6.48. The van der Waals surface area contributed by atoms with Gasteiger partial charge in [-0.25, -0.2) is 4.98 Å². The molecule has 0 atom stereocenters. The van der Waals surface area contributed by atoms with E-state index in [0.29, 0.717) is 24.1 Å². The third-order valence-electron chi connectivity index (χ3n) is 3.44. The highest BCUT2D eigenvalue weighted by atomic mass is 16.5. The summed E-state index contributed by atoms with van der Waals surface area (Å²) in [6.45, 7) is 6.55. The van der Waals surface area contributed by atoms with Crippen LogP contribution in [0.15, 0.2) is 40.9 Å². The van der Waals surface area contributed by atoms with Crippen molar-refractivity contribution in [3.8, 4) is 0 Å². The first-order chi connectivity index (χ1) is 11.1. The molecule has 0 aliphatic rings. The van der Waals surface area contributed by atoms with Crippen LogP contribution >= 0.6 is 0 Å². The molecule has 2 heterocycles. The van der Waals surface area contributed by atoms with E-state index in [2.05, 4.69) is 44.8 Å². The molecule has 0 saturated carbocycles. The quantitative estimate of drug-likeness (QED) is 0.747. The Hall–Kier alpha value is -2.89. The number of nitrogens with one attached hydrogen (secondary N) is 2. The molecular formula is C17H19N5O.